The first-order valence-corrected chi connectivity index (χ1v) is 16.4. The summed E-state index contributed by atoms with van der Waals surface area (Å²) in [5.41, 5.74) is 7.33. The van der Waals surface area contributed by atoms with Gasteiger partial charge in [0, 0.05) is 22.1 Å². The largest absolute Gasteiger partial charge is 0.454 e. The van der Waals surface area contributed by atoms with E-state index < -0.39 is 0 Å². The van der Waals surface area contributed by atoms with Crippen LogP contribution in [0.1, 0.15) is 0 Å². The molecule has 0 radical (unpaired) electrons. The maximum atomic E-state index is 6.62. The Labute approximate surface area is 277 Å². The minimum atomic E-state index is 0.875. The summed E-state index contributed by atoms with van der Waals surface area (Å²) in [6.45, 7) is 0. The van der Waals surface area contributed by atoms with Gasteiger partial charge in [-0.05, 0) is 90.6 Å². The van der Waals surface area contributed by atoms with Crippen LogP contribution < -0.4 is 4.90 Å². The third kappa shape index (κ3) is 4.06. The van der Waals surface area contributed by atoms with Crippen LogP contribution in [0.4, 0.5) is 17.1 Å². The molecule has 0 aliphatic heterocycles. The summed E-state index contributed by atoms with van der Waals surface area (Å²) in [5.74, 6) is 0. The SMILES string of the molecule is c1ccc2c(-c3ccc(N(c4ccc5c6ccccc6c6ccccc6c5c4)c4cccc5c4oc4ccccc45)cc3)cccc2c1. The minimum absolute atomic E-state index is 0.875. The number of benzene rings is 9. The summed E-state index contributed by atoms with van der Waals surface area (Å²) in [4.78, 5) is 2.35. The van der Waals surface area contributed by atoms with Crippen molar-refractivity contribution in [2.45, 2.75) is 0 Å². The van der Waals surface area contributed by atoms with Crippen molar-refractivity contribution in [2.75, 3.05) is 4.90 Å². The summed E-state index contributed by atoms with van der Waals surface area (Å²) in [6.07, 6.45) is 0. The van der Waals surface area contributed by atoms with Crippen LogP contribution in [-0.2, 0) is 0 Å². The van der Waals surface area contributed by atoms with Gasteiger partial charge in [0.05, 0.1) is 5.69 Å². The van der Waals surface area contributed by atoms with E-state index in [0.29, 0.717) is 0 Å². The smallest absolute Gasteiger partial charge is 0.159 e. The fraction of sp³-hybridized carbons (Fsp3) is 0. The molecule has 0 bridgehead atoms. The van der Waals surface area contributed by atoms with E-state index >= 15 is 0 Å². The van der Waals surface area contributed by atoms with Crippen molar-refractivity contribution in [2.24, 2.45) is 0 Å². The van der Waals surface area contributed by atoms with Crippen molar-refractivity contribution in [3.63, 3.8) is 0 Å². The van der Waals surface area contributed by atoms with Gasteiger partial charge in [-0.2, -0.15) is 0 Å². The quantitative estimate of drug-likeness (QED) is 0.184. The minimum Gasteiger partial charge on any atom is -0.454 e. The Bertz CT molecular complexity index is 2800. The second-order valence-electron chi connectivity index (χ2n) is 12.5. The molecule has 10 rings (SSSR count). The van der Waals surface area contributed by atoms with Gasteiger partial charge in [-0.15, -0.1) is 0 Å². The first-order valence-electron chi connectivity index (χ1n) is 16.4. The molecule has 0 spiro atoms. The average Bonchev–Trinajstić information content (AvgIpc) is 3.55. The summed E-state index contributed by atoms with van der Waals surface area (Å²) < 4.78 is 6.62. The number of hydrogen-bond donors (Lipinski definition) is 0. The van der Waals surface area contributed by atoms with Crippen molar-refractivity contribution < 1.29 is 4.42 Å². The predicted octanol–water partition coefficient (Wildman–Crippen LogP) is 13.3. The molecule has 224 valence electrons. The van der Waals surface area contributed by atoms with Gasteiger partial charge in [-0.3, -0.25) is 0 Å². The van der Waals surface area contributed by atoms with Crippen molar-refractivity contribution >= 4 is 82.1 Å². The van der Waals surface area contributed by atoms with E-state index in [1.54, 1.807) is 0 Å². The second-order valence-corrected chi connectivity index (χ2v) is 12.5. The molecule has 1 heterocycles. The highest BCUT2D eigenvalue weighted by Crippen LogP contribution is 2.45. The zero-order chi connectivity index (χ0) is 31.6. The molecule has 0 aliphatic carbocycles. The molecule has 0 N–H and O–H groups in total. The van der Waals surface area contributed by atoms with Crippen molar-refractivity contribution in [3.05, 3.63) is 176 Å². The number of fused-ring (bicyclic) bond motifs is 10. The number of hydrogen-bond acceptors (Lipinski definition) is 2. The molecule has 10 aromatic rings. The third-order valence-electron chi connectivity index (χ3n) is 9.84. The normalized spacial score (nSPS) is 11.8. The molecule has 9 aromatic carbocycles. The lowest BCUT2D eigenvalue weighted by atomic mass is 9.94. The molecular weight excluding hydrogens is 583 g/mol. The van der Waals surface area contributed by atoms with Crippen molar-refractivity contribution in [3.8, 4) is 11.1 Å². The number of rotatable bonds is 4. The second kappa shape index (κ2) is 10.6. The number of anilines is 3. The molecule has 0 aliphatic rings. The van der Waals surface area contributed by atoms with E-state index in [1.165, 1.54) is 54.2 Å². The Hall–Kier alpha value is -6.38. The Kier molecular flexibility index (Phi) is 5.91. The Morgan fingerprint density at radius 1 is 0.354 bits per heavy atom. The van der Waals surface area contributed by atoms with Crippen LogP contribution in [0, 0.1) is 0 Å². The van der Waals surface area contributed by atoms with E-state index in [-0.39, 0.29) is 0 Å². The van der Waals surface area contributed by atoms with Crippen LogP contribution in [0.3, 0.4) is 0 Å². The summed E-state index contributed by atoms with van der Waals surface area (Å²) in [7, 11) is 0. The molecule has 0 unspecified atom stereocenters. The Balaban J connectivity index is 1.22. The standard InChI is InChI=1S/C46H29NO/c1-2-13-34-30(11-1)12-9-19-35(34)31-23-25-32(26-24-31)47(44-21-10-20-42-41-18-7-8-22-45(41)48-46(42)44)33-27-28-40-38-16-4-3-14-36(38)37-15-5-6-17-39(37)43(40)29-33/h1-29H. The predicted molar refractivity (Wildman–Crippen MR) is 204 cm³/mol. The lowest BCUT2D eigenvalue weighted by molar-refractivity contribution is 0.669. The van der Waals surface area contributed by atoms with Crippen LogP contribution >= 0.6 is 0 Å². The molecule has 0 atom stereocenters. The van der Waals surface area contributed by atoms with Crippen molar-refractivity contribution in [1.82, 2.24) is 0 Å². The highest BCUT2D eigenvalue weighted by molar-refractivity contribution is 6.26. The summed E-state index contributed by atoms with van der Waals surface area (Å²) >= 11 is 0. The molecule has 2 nitrogen and oxygen atoms in total. The van der Waals surface area contributed by atoms with E-state index in [2.05, 4.69) is 175 Å². The maximum Gasteiger partial charge on any atom is 0.159 e. The van der Waals surface area contributed by atoms with Gasteiger partial charge in [0.25, 0.3) is 0 Å². The zero-order valence-electron chi connectivity index (χ0n) is 26.1. The van der Waals surface area contributed by atoms with Gasteiger partial charge in [0.2, 0.25) is 0 Å². The lowest BCUT2D eigenvalue weighted by Gasteiger charge is -2.26. The van der Waals surface area contributed by atoms with Crippen molar-refractivity contribution in [1.29, 1.82) is 0 Å². The van der Waals surface area contributed by atoms with E-state index in [0.717, 1.165) is 39.0 Å². The summed E-state index contributed by atoms with van der Waals surface area (Å²) in [5, 5.41) is 12.3. The molecule has 48 heavy (non-hydrogen) atoms. The number of para-hydroxylation sites is 2. The Morgan fingerprint density at radius 3 is 1.65 bits per heavy atom. The molecule has 0 fully saturated rings. The van der Waals surface area contributed by atoms with E-state index in [1.807, 2.05) is 6.07 Å². The third-order valence-corrected chi connectivity index (χ3v) is 9.84. The van der Waals surface area contributed by atoms with Crippen LogP contribution in [0.5, 0.6) is 0 Å². The lowest BCUT2D eigenvalue weighted by Crippen LogP contribution is -2.10. The van der Waals surface area contributed by atoms with E-state index in [4.69, 9.17) is 4.42 Å². The van der Waals surface area contributed by atoms with Gasteiger partial charge < -0.3 is 9.32 Å². The number of nitrogens with zero attached hydrogens (tertiary/aromatic N) is 1. The molecular formula is C46H29NO. The molecule has 1 aromatic heterocycles. The fourth-order valence-corrected chi connectivity index (χ4v) is 7.64. The first-order chi connectivity index (χ1) is 23.8. The van der Waals surface area contributed by atoms with Crippen LogP contribution in [0.15, 0.2) is 180 Å². The van der Waals surface area contributed by atoms with Gasteiger partial charge in [-0.25, -0.2) is 0 Å². The maximum absolute atomic E-state index is 6.62. The fourth-order valence-electron chi connectivity index (χ4n) is 7.64. The van der Waals surface area contributed by atoms with Gasteiger partial charge in [0.1, 0.15) is 5.58 Å². The molecule has 2 heteroatoms. The first kappa shape index (κ1) is 26.8. The highest BCUT2D eigenvalue weighted by atomic mass is 16.3. The molecule has 0 saturated carbocycles. The van der Waals surface area contributed by atoms with Crippen LogP contribution in [0.25, 0.3) is 76.2 Å². The van der Waals surface area contributed by atoms with Crippen LogP contribution in [-0.4, -0.2) is 0 Å². The summed E-state index contributed by atoms with van der Waals surface area (Å²) in [6, 6.07) is 63.3. The Morgan fingerprint density at radius 2 is 0.896 bits per heavy atom. The van der Waals surface area contributed by atoms with Crippen LogP contribution in [0.2, 0.25) is 0 Å². The topological polar surface area (TPSA) is 16.4 Å². The van der Waals surface area contributed by atoms with Gasteiger partial charge in [-0.1, -0.05) is 140 Å². The monoisotopic (exact) mass is 611 g/mol. The zero-order valence-corrected chi connectivity index (χ0v) is 26.1. The molecule has 0 saturated heterocycles. The molecule has 0 amide bonds. The highest BCUT2D eigenvalue weighted by Gasteiger charge is 2.20. The number of furan rings is 1. The van der Waals surface area contributed by atoms with Gasteiger partial charge >= 0.3 is 0 Å². The average molecular weight is 612 g/mol. The van der Waals surface area contributed by atoms with Gasteiger partial charge in [0.15, 0.2) is 5.58 Å². The van der Waals surface area contributed by atoms with E-state index in [9.17, 15) is 0 Å².